The van der Waals surface area contributed by atoms with E-state index >= 15 is 0 Å². The Bertz CT molecular complexity index is 315. The smallest absolute Gasteiger partial charge is 0.223 e. The maximum absolute atomic E-state index is 12.0. The maximum atomic E-state index is 12.0. The van der Waals surface area contributed by atoms with Crippen molar-refractivity contribution in [1.29, 1.82) is 0 Å². The fourth-order valence-corrected chi connectivity index (χ4v) is 2.31. The Hall–Kier alpha value is -1.10. The molecule has 0 aromatic rings. The number of carbonyl (C=O) groups is 2. The minimum Gasteiger partial charge on any atom is -0.341 e. The molecule has 0 atom stereocenters. The summed E-state index contributed by atoms with van der Waals surface area (Å²) in [7, 11) is 0. The zero-order valence-corrected chi connectivity index (χ0v) is 11.2. The zero-order chi connectivity index (χ0) is 13.0. The van der Waals surface area contributed by atoms with E-state index in [0.29, 0.717) is 25.6 Å². The molecular weight excluding hydrogens is 230 g/mol. The Morgan fingerprint density at radius 3 is 2.44 bits per heavy atom. The summed E-state index contributed by atoms with van der Waals surface area (Å²) in [5.74, 6) is 0.327. The highest BCUT2D eigenvalue weighted by atomic mass is 16.2. The summed E-state index contributed by atoms with van der Waals surface area (Å²) in [4.78, 5) is 27.0. The Balaban J connectivity index is 1.70. The standard InChI is InChI=1S/C13H23N3O2/c1-11(17)15-7-2-8-16(10-9-15)13(18)5-6-14-12-3-4-12/h12,14H,2-10H2,1H3. The van der Waals surface area contributed by atoms with Gasteiger partial charge in [0.25, 0.3) is 0 Å². The lowest BCUT2D eigenvalue weighted by Crippen LogP contribution is -2.37. The first-order chi connectivity index (χ1) is 8.66. The van der Waals surface area contributed by atoms with Gasteiger partial charge in [-0.1, -0.05) is 0 Å². The molecule has 1 N–H and O–H groups in total. The van der Waals surface area contributed by atoms with Crippen molar-refractivity contribution in [3.63, 3.8) is 0 Å². The minimum atomic E-state index is 0.111. The van der Waals surface area contributed by atoms with Crippen molar-refractivity contribution in [3.8, 4) is 0 Å². The third-order valence-corrected chi connectivity index (χ3v) is 3.64. The second-order valence-electron chi connectivity index (χ2n) is 5.22. The molecule has 0 radical (unpaired) electrons. The molecule has 1 aliphatic carbocycles. The van der Waals surface area contributed by atoms with E-state index in [4.69, 9.17) is 0 Å². The van der Waals surface area contributed by atoms with Crippen LogP contribution in [0.15, 0.2) is 0 Å². The molecule has 5 nitrogen and oxygen atoms in total. The lowest BCUT2D eigenvalue weighted by atomic mass is 10.3. The molecule has 18 heavy (non-hydrogen) atoms. The summed E-state index contributed by atoms with van der Waals surface area (Å²) in [6.45, 7) is 5.30. The summed E-state index contributed by atoms with van der Waals surface area (Å²) < 4.78 is 0. The Kier molecular flexibility index (Phi) is 4.58. The van der Waals surface area contributed by atoms with Crippen molar-refractivity contribution >= 4 is 11.8 Å². The van der Waals surface area contributed by atoms with Crippen molar-refractivity contribution in [3.05, 3.63) is 0 Å². The van der Waals surface area contributed by atoms with Gasteiger partial charge >= 0.3 is 0 Å². The molecule has 0 bridgehead atoms. The van der Waals surface area contributed by atoms with Crippen LogP contribution in [0.3, 0.4) is 0 Å². The number of carbonyl (C=O) groups excluding carboxylic acids is 2. The molecule has 1 saturated carbocycles. The highest BCUT2D eigenvalue weighted by molar-refractivity contribution is 5.77. The van der Waals surface area contributed by atoms with Crippen molar-refractivity contribution in [2.45, 2.75) is 38.6 Å². The maximum Gasteiger partial charge on any atom is 0.223 e. The zero-order valence-electron chi connectivity index (χ0n) is 11.2. The number of rotatable bonds is 4. The van der Waals surface area contributed by atoms with Crippen LogP contribution in [-0.2, 0) is 9.59 Å². The van der Waals surface area contributed by atoms with E-state index in [0.717, 1.165) is 26.1 Å². The molecule has 0 aromatic carbocycles. The summed E-state index contributed by atoms with van der Waals surface area (Å²) in [6, 6.07) is 0.662. The van der Waals surface area contributed by atoms with Crippen LogP contribution in [0.4, 0.5) is 0 Å². The van der Waals surface area contributed by atoms with Crippen LogP contribution in [0.2, 0.25) is 0 Å². The first kappa shape index (κ1) is 13.3. The van der Waals surface area contributed by atoms with Gasteiger partial charge in [0.2, 0.25) is 11.8 Å². The van der Waals surface area contributed by atoms with E-state index < -0.39 is 0 Å². The van der Waals surface area contributed by atoms with E-state index in [1.807, 2.05) is 9.80 Å². The molecule has 0 unspecified atom stereocenters. The number of amides is 2. The quantitative estimate of drug-likeness (QED) is 0.779. The van der Waals surface area contributed by atoms with Gasteiger partial charge in [0.05, 0.1) is 0 Å². The SMILES string of the molecule is CC(=O)N1CCCN(C(=O)CCNC2CC2)CC1. The molecule has 0 aromatic heterocycles. The van der Waals surface area contributed by atoms with Crippen molar-refractivity contribution < 1.29 is 9.59 Å². The number of nitrogens with one attached hydrogen (secondary N) is 1. The molecule has 5 heteroatoms. The van der Waals surface area contributed by atoms with Crippen LogP contribution >= 0.6 is 0 Å². The molecule has 102 valence electrons. The fraction of sp³-hybridized carbons (Fsp3) is 0.846. The van der Waals surface area contributed by atoms with Crippen LogP contribution in [0.25, 0.3) is 0 Å². The molecule has 2 amide bonds. The Morgan fingerprint density at radius 2 is 1.78 bits per heavy atom. The summed E-state index contributed by atoms with van der Waals surface area (Å²) >= 11 is 0. The average Bonchev–Trinajstić information content (AvgIpc) is 3.14. The topological polar surface area (TPSA) is 52.7 Å². The van der Waals surface area contributed by atoms with E-state index in [1.165, 1.54) is 12.8 Å². The van der Waals surface area contributed by atoms with Gasteiger partial charge in [0.15, 0.2) is 0 Å². The first-order valence-electron chi connectivity index (χ1n) is 6.93. The highest BCUT2D eigenvalue weighted by Crippen LogP contribution is 2.18. The van der Waals surface area contributed by atoms with Crippen LogP contribution in [0.1, 0.15) is 32.6 Å². The van der Waals surface area contributed by atoms with Gasteiger partial charge in [-0.3, -0.25) is 9.59 Å². The largest absolute Gasteiger partial charge is 0.341 e. The first-order valence-corrected chi connectivity index (χ1v) is 6.93. The molecule has 2 fully saturated rings. The third-order valence-electron chi connectivity index (χ3n) is 3.64. The number of nitrogens with zero attached hydrogens (tertiary/aromatic N) is 2. The monoisotopic (exact) mass is 253 g/mol. The molecule has 2 aliphatic rings. The normalized spacial score (nSPS) is 20.7. The second-order valence-corrected chi connectivity index (χ2v) is 5.22. The average molecular weight is 253 g/mol. The Labute approximate surface area is 108 Å². The van der Waals surface area contributed by atoms with Crippen molar-refractivity contribution in [2.24, 2.45) is 0 Å². The van der Waals surface area contributed by atoms with E-state index in [2.05, 4.69) is 5.32 Å². The fourth-order valence-electron chi connectivity index (χ4n) is 2.31. The van der Waals surface area contributed by atoms with Crippen LogP contribution < -0.4 is 5.32 Å². The van der Waals surface area contributed by atoms with E-state index in [-0.39, 0.29) is 11.8 Å². The van der Waals surface area contributed by atoms with Crippen LogP contribution in [0, 0.1) is 0 Å². The second kappa shape index (κ2) is 6.18. The van der Waals surface area contributed by atoms with Gasteiger partial charge < -0.3 is 15.1 Å². The van der Waals surface area contributed by atoms with Crippen molar-refractivity contribution in [2.75, 3.05) is 32.7 Å². The van der Waals surface area contributed by atoms with E-state index in [1.54, 1.807) is 6.92 Å². The summed E-state index contributed by atoms with van der Waals surface area (Å²) in [5, 5.41) is 3.36. The number of hydrogen-bond donors (Lipinski definition) is 1. The highest BCUT2D eigenvalue weighted by Gasteiger charge is 2.22. The lowest BCUT2D eigenvalue weighted by Gasteiger charge is -2.21. The molecular formula is C13H23N3O2. The van der Waals surface area contributed by atoms with Gasteiger partial charge in [0.1, 0.15) is 0 Å². The van der Waals surface area contributed by atoms with Crippen molar-refractivity contribution in [1.82, 2.24) is 15.1 Å². The number of hydrogen-bond acceptors (Lipinski definition) is 3. The van der Waals surface area contributed by atoms with Crippen LogP contribution in [0.5, 0.6) is 0 Å². The lowest BCUT2D eigenvalue weighted by molar-refractivity contribution is -0.132. The van der Waals surface area contributed by atoms with Gasteiger partial charge in [-0.25, -0.2) is 0 Å². The molecule has 0 spiro atoms. The third kappa shape index (κ3) is 3.98. The predicted octanol–water partition coefficient (Wildman–Crippen LogP) is 0.209. The molecule has 2 rings (SSSR count). The van der Waals surface area contributed by atoms with Gasteiger partial charge in [0, 0.05) is 52.1 Å². The van der Waals surface area contributed by atoms with E-state index in [9.17, 15) is 9.59 Å². The van der Waals surface area contributed by atoms with Gasteiger partial charge in [-0.05, 0) is 19.3 Å². The minimum absolute atomic E-state index is 0.111. The molecule has 1 saturated heterocycles. The van der Waals surface area contributed by atoms with Gasteiger partial charge in [-0.2, -0.15) is 0 Å². The molecule has 1 aliphatic heterocycles. The summed E-state index contributed by atoms with van der Waals surface area (Å²) in [6.07, 6.45) is 3.98. The van der Waals surface area contributed by atoms with Gasteiger partial charge in [-0.15, -0.1) is 0 Å². The summed E-state index contributed by atoms with van der Waals surface area (Å²) in [5.41, 5.74) is 0. The molecule has 1 heterocycles. The Morgan fingerprint density at radius 1 is 1.11 bits per heavy atom. The predicted molar refractivity (Wildman–Crippen MR) is 69.1 cm³/mol. The van der Waals surface area contributed by atoms with Crippen LogP contribution in [-0.4, -0.2) is 60.4 Å².